The molecule has 0 spiro atoms. The Morgan fingerprint density at radius 2 is 2.25 bits per heavy atom. The summed E-state index contributed by atoms with van der Waals surface area (Å²) >= 11 is 0. The largest absolute Gasteiger partial charge is 0.501 e. The standard InChI is InChI=1S/C12H14O4/c1-3-16-7-6-9-8-10(15-2)4-5-11(9)12(13)14/h4-8H,3H2,1-2H3,(H,13,14)/b7-6+. The van der Waals surface area contributed by atoms with Gasteiger partial charge in [-0.15, -0.1) is 0 Å². The van der Waals surface area contributed by atoms with Crippen LogP contribution in [0.2, 0.25) is 0 Å². The average molecular weight is 222 g/mol. The summed E-state index contributed by atoms with van der Waals surface area (Å²) in [5.74, 6) is -0.361. The first-order valence-corrected chi connectivity index (χ1v) is 4.88. The van der Waals surface area contributed by atoms with Crippen molar-refractivity contribution in [1.29, 1.82) is 0 Å². The molecular formula is C12H14O4. The quantitative estimate of drug-likeness (QED) is 0.777. The summed E-state index contributed by atoms with van der Waals surface area (Å²) in [5, 5.41) is 8.97. The van der Waals surface area contributed by atoms with Gasteiger partial charge in [-0.25, -0.2) is 4.79 Å². The van der Waals surface area contributed by atoms with Gasteiger partial charge in [-0.1, -0.05) is 0 Å². The molecule has 16 heavy (non-hydrogen) atoms. The zero-order valence-electron chi connectivity index (χ0n) is 9.27. The lowest BCUT2D eigenvalue weighted by atomic mass is 10.1. The molecule has 0 amide bonds. The summed E-state index contributed by atoms with van der Waals surface area (Å²) in [4.78, 5) is 10.9. The fraction of sp³-hybridized carbons (Fsp3) is 0.250. The number of ether oxygens (including phenoxy) is 2. The van der Waals surface area contributed by atoms with E-state index in [4.69, 9.17) is 14.6 Å². The minimum Gasteiger partial charge on any atom is -0.501 e. The minimum atomic E-state index is -0.973. The second kappa shape index (κ2) is 5.80. The summed E-state index contributed by atoms with van der Waals surface area (Å²) in [5.41, 5.74) is 0.775. The molecule has 0 aliphatic carbocycles. The van der Waals surface area contributed by atoms with Gasteiger partial charge in [0, 0.05) is 0 Å². The minimum absolute atomic E-state index is 0.219. The van der Waals surface area contributed by atoms with Gasteiger partial charge in [-0.3, -0.25) is 0 Å². The first kappa shape index (κ1) is 12.1. The van der Waals surface area contributed by atoms with Gasteiger partial charge in [0.25, 0.3) is 0 Å². The molecule has 0 aromatic heterocycles. The highest BCUT2D eigenvalue weighted by Gasteiger charge is 2.08. The fourth-order valence-electron chi connectivity index (χ4n) is 1.22. The third-order valence-electron chi connectivity index (χ3n) is 2.00. The maximum atomic E-state index is 10.9. The lowest BCUT2D eigenvalue weighted by Crippen LogP contribution is -1.99. The third kappa shape index (κ3) is 3.02. The van der Waals surface area contributed by atoms with Crippen molar-refractivity contribution >= 4 is 12.0 Å². The van der Waals surface area contributed by atoms with Gasteiger partial charge in [0.05, 0.1) is 25.5 Å². The number of benzene rings is 1. The highest BCUT2D eigenvalue weighted by molar-refractivity contribution is 5.92. The monoisotopic (exact) mass is 222 g/mol. The Balaban J connectivity index is 3.05. The Morgan fingerprint density at radius 1 is 1.50 bits per heavy atom. The summed E-state index contributed by atoms with van der Waals surface area (Å²) < 4.78 is 10.1. The van der Waals surface area contributed by atoms with Gasteiger partial charge in [0.1, 0.15) is 5.75 Å². The molecule has 0 unspecified atom stereocenters. The van der Waals surface area contributed by atoms with Gasteiger partial charge in [0.2, 0.25) is 0 Å². The van der Waals surface area contributed by atoms with Crippen LogP contribution in [0.4, 0.5) is 0 Å². The molecule has 0 aliphatic rings. The topological polar surface area (TPSA) is 55.8 Å². The van der Waals surface area contributed by atoms with E-state index in [1.54, 1.807) is 18.2 Å². The predicted molar refractivity (Wildman–Crippen MR) is 60.6 cm³/mol. The molecule has 0 heterocycles. The molecule has 0 atom stereocenters. The van der Waals surface area contributed by atoms with Crippen molar-refractivity contribution in [1.82, 2.24) is 0 Å². The molecule has 1 N–H and O–H groups in total. The highest BCUT2D eigenvalue weighted by Crippen LogP contribution is 2.19. The zero-order valence-corrected chi connectivity index (χ0v) is 9.27. The van der Waals surface area contributed by atoms with Crippen LogP contribution in [0.15, 0.2) is 24.5 Å². The Bertz CT molecular complexity index is 396. The number of methoxy groups -OCH3 is 1. The summed E-state index contributed by atoms with van der Waals surface area (Å²) in [6, 6.07) is 4.77. The van der Waals surface area contributed by atoms with Gasteiger partial charge in [-0.2, -0.15) is 0 Å². The third-order valence-corrected chi connectivity index (χ3v) is 2.00. The van der Waals surface area contributed by atoms with E-state index in [-0.39, 0.29) is 5.56 Å². The number of carboxylic acids is 1. The van der Waals surface area contributed by atoms with E-state index in [0.29, 0.717) is 17.9 Å². The number of rotatable bonds is 5. The predicted octanol–water partition coefficient (Wildman–Crippen LogP) is 2.40. The molecule has 1 aromatic carbocycles. The highest BCUT2D eigenvalue weighted by atomic mass is 16.5. The number of hydrogen-bond acceptors (Lipinski definition) is 3. The molecule has 0 fully saturated rings. The first-order valence-electron chi connectivity index (χ1n) is 4.88. The van der Waals surface area contributed by atoms with Crippen LogP contribution in [0.1, 0.15) is 22.8 Å². The van der Waals surface area contributed by atoms with E-state index < -0.39 is 5.97 Å². The second-order valence-corrected chi connectivity index (χ2v) is 3.02. The van der Waals surface area contributed by atoms with Gasteiger partial charge >= 0.3 is 5.97 Å². The smallest absolute Gasteiger partial charge is 0.336 e. The second-order valence-electron chi connectivity index (χ2n) is 3.02. The number of carboxylic acid groups (broad SMARTS) is 1. The molecule has 4 heteroatoms. The molecule has 0 bridgehead atoms. The Morgan fingerprint density at radius 3 is 2.81 bits per heavy atom. The zero-order chi connectivity index (χ0) is 12.0. The molecule has 1 rings (SSSR count). The Kier molecular flexibility index (Phi) is 4.39. The Hall–Kier alpha value is -1.97. The van der Waals surface area contributed by atoms with Crippen LogP contribution in [0.25, 0.3) is 6.08 Å². The number of carbonyl (C=O) groups is 1. The molecule has 1 aromatic rings. The Labute approximate surface area is 94.1 Å². The lowest BCUT2D eigenvalue weighted by molar-refractivity contribution is 0.0696. The van der Waals surface area contributed by atoms with Crippen LogP contribution in [-0.4, -0.2) is 24.8 Å². The van der Waals surface area contributed by atoms with Gasteiger partial charge < -0.3 is 14.6 Å². The van der Waals surface area contributed by atoms with Crippen molar-refractivity contribution in [2.24, 2.45) is 0 Å². The fourth-order valence-corrected chi connectivity index (χ4v) is 1.22. The number of hydrogen-bond donors (Lipinski definition) is 1. The van der Waals surface area contributed by atoms with Crippen molar-refractivity contribution in [2.75, 3.05) is 13.7 Å². The van der Waals surface area contributed by atoms with Crippen LogP contribution < -0.4 is 4.74 Å². The van der Waals surface area contributed by atoms with E-state index in [2.05, 4.69) is 0 Å². The van der Waals surface area contributed by atoms with Gasteiger partial charge in [-0.05, 0) is 36.8 Å². The molecule has 0 saturated heterocycles. The summed E-state index contributed by atoms with van der Waals surface area (Å²) in [6.45, 7) is 2.40. The molecular weight excluding hydrogens is 208 g/mol. The van der Waals surface area contributed by atoms with Crippen LogP contribution in [-0.2, 0) is 4.74 Å². The lowest BCUT2D eigenvalue weighted by Gasteiger charge is -2.04. The molecule has 0 radical (unpaired) electrons. The van der Waals surface area contributed by atoms with E-state index in [1.807, 2.05) is 6.92 Å². The van der Waals surface area contributed by atoms with E-state index >= 15 is 0 Å². The van der Waals surface area contributed by atoms with Gasteiger partial charge in [0.15, 0.2) is 0 Å². The van der Waals surface area contributed by atoms with Crippen molar-refractivity contribution in [3.05, 3.63) is 35.6 Å². The van der Waals surface area contributed by atoms with E-state index in [0.717, 1.165) is 0 Å². The average Bonchev–Trinajstić information content (AvgIpc) is 2.29. The van der Waals surface area contributed by atoms with E-state index in [9.17, 15) is 4.79 Å². The molecule has 4 nitrogen and oxygen atoms in total. The van der Waals surface area contributed by atoms with Crippen LogP contribution in [0.3, 0.4) is 0 Å². The van der Waals surface area contributed by atoms with Crippen molar-refractivity contribution in [3.8, 4) is 5.75 Å². The summed E-state index contributed by atoms with van der Waals surface area (Å²) in [7, 11) is 1.53. The summed E-state index contributed by atoms with van der Waals surface area (Å²) in [6.07, 6.45) is 3.08. The first-order chi connectivity index (χ1) is 7.69. The number of aromatic carboxylic acids is 1. The maximum Gasteiger partial charge on any atom is 0.336 e. The van der Waals surface area contributed by atoms with Crippen LogP contribution >= 0.6 is 0 Å². The van der Waals surface area contributed by atoms with Crippen LogP contribution in [0.5, 0.6) is 5.75 Å². The van der Waals surface area contributed by atoms with Crippen molar-refractivity contribution in [2.45, 2.75) is 6.92 Å². The normalized spacial score (nSPS) is 10.4. The maximum absolute atomic E-state index is 10.9. The van der Waals surface area contributed by atoms with E-state index in [1.165, 1.54) is 19.4 Å². The van der Waals surface area contributed by atoms with Crippen molar-refractivity contribution in [3.63, 3.8) is 0 Å². The molecule has 86 valence electrons. The SMILES string of the molecule is CCO/C=C/c1cc(OC)ccc1C(=O)O. The van der Waals surface area contributed by atoms with Crippen LogP contribution in [0, 0.1) is 0 Å². The molecule has 0 aliphatic heterocycles. The molecule has 0 saturated carbocycles. The van der Waals surface area contributed by atoms with Crippen molar-refractivity contribution < 1.29 is 19.4 Å².